The third kappa shape index (κ3) is 2.43. The van der Waals surface area contributed by atoms with Crippen LogP contribution in [0, 0.1) is 11.3 Å². The summed E-state index contributed by atoms with van der Waals surface area (Å²) in [5, 5.41) is 3.88. The number of likely N-dealkylation sites (tertiary alicyclic amines) is 1. The molecule has 1 saturated heterocycles. The molecule has 1 atom stereocenters. The van der Waals surface area contributed by atoms with Crippen LogP contribution in [0.5, 0.6) is 0 Å². The molecule has 2 aliphatic carbocycles. The summed E-state index contributed by atoms with van der Waals surface area (Å²) < 4.78 is 0. The largest absolute Gasteiger partial charge is 0.313 e. The molecule has 3 fully saturated rings. The zero-order valence-electron chi connectivity index (χ0n) is 10.7. The van der Waals surface area contributed by atoms with Gasteiger partial charge in [-0.15, -0.1) is 0 Å². The predicted molar refractivity (Wildman–Crippen MR) is 67.5 cm³/mol. The average molecular weight is 222 g/mol. The van der Waals surface area contributed by atoms with Gasteiger partial charge >= 0.3 is 0 Å². The van der Waals surface area contributed by atoms with E-state index < -0.39 is 0 Å². The molecule has 0 aromatic rings. The summed E-state index contributed by atoms with van der Waals surface area (Å²) in [5.41, 5.74) is 0.776. The van der Waals surface area contributed by atoms with Gasteiger partial charge in [0.2, 0.25) is 0 Å². The lowest BCUT2D eigenvalue weighted by Gasteiger charge is -2.21. The summed E-state index contributed by atoms with van der Waals surface area (Å²) in [5.74, 6) is 1.11. The van der Waals surface area contributed by atoms with Crippen LogP contribution in [0.2, 0.25) is 0 Å². The molecule has 92 valence electrons. The second-order valence-electron chi connectivity index (χ2n) is 6.45. The van der Waals surface area contributed by atoms with Gasteiger partial charge in [0.1, 0.15) is 0 Å². The second kappa shape index (κ2) is 4.30. The third-order valence-electron chi connectivity index (χ3n) is 5.03. The van der Waals surface area contributed by atoms with E-state index in [2.05, 4.69) is 17.3 Å². The molecule has 2 saturated carbocycles. The van der Waals surface area contributed by atoms with E-state index in [9.17, 15) is 0 Å². The Bertz CT molecular complexity index is 243. The molecule has 1 N–H and O–H groups in total. The standard InChI is InChI=1S/C14H26N2/c1-16-9-2-3-13(6-10-16)15-11-14(7-8-14)12-4-5-12/h12-13,15H,2-11H2,1H3. The van der Waals surface area contributed by atoms with Crippen molar-refractivity contribution in [3.05, 3.63) is 0 Å². The van der Waals surface area contributed by atoms with Crippen molar-refractivity contribution in [3.63, 3.8) is 0 Å². The molecule has 3 rings (SSSR count). The molecule has 0 aromatic carbocycles. The van der Waals surface area contributed by atoms with Crippen LogP contribution in [0.4, 0.5) is 0 Å². The van der Waals surface area contributed by atoms with Crippen molar-refractivity contribution in [1.29, 1.82) is 0 Å². The van der Waals surface area contributed by atoms with Gasteiger partial charge in [-0.25, -0.2) is 0 Å². The van der Waals surface area contributed by atoms with Gasteiger partial charge < -0.3 is 10.2 Å². The topological polar surface area (TPSA) is 15.3 Å². The Kier molecular flexibility index (Phi) is 2.97. The monoisotopic (exact) mass is 222 g/mol. The Balaban J connectivity index is 1.44. The van der Waals surface area contributed by atoms with E-state index >= 15 is 0 Å². The van der Waals surface area contributed by atoms with Gasteiger partial charge in [-0.2, -0.15) is 0 Å². The summed E-state index contributed by atoms with van der Waals surface area (Å²) in [6, 6.07) is 0.807. The fourth-order valence-electron chi connectivity index (χ4n) is 3.38. The summed E-state index contributed by atoms with van der Waals surface area (Å²) in [6.45, 7) is 3.91. The van der Waals surface area contributed by atoms with E-state index in [1.165, 1.54) is 64.6 Å². The minimum Gasteiger partial charge on any atom is -0.313 e. The van der Waals surface area contributed by atoms with Crippen LogP contribution in [0.25, 0.3) is 0 Å². The summed E-state index contributed by atoms with van der Waals surface area (Å²) in [7, 11) is 2.26. The molecule has 1 heterocycles. The lowest BCUT2D eigenvalue weighted by Crippen LogP contribution is -2.35. The van der Waals surface area contributed by atoms with Crippen molar-refractivity contribution in [3.8, 4) is 0 Å². The Morgan fingerprint density at radius 1 is 1.12 bits per heavy atom. The van der Waals surface area contributed by atoms with Crippen LogP contribution in [0.15, 0.2) is 0 Å². The highest BCUT2D eigenvalue weighted by Gasteiger charge is 2.53. The molecule has 2 heteroatoms. The van der Waals surface area contributed by atoms with Crippen LogP contribution in [0.3, 0.4) is 0 Å². The molecule has 2 nitrogen and oxygen atoms in total. The number of rotatable bonds is 4. The fraction of sp³-hybridized carbons (Fsp3) is 1.00. The Morgan fingerprint density at radius 3 is 2.62 bits per heavy atom. The highest BCUT2D eigenvalue weighted by Crippen LogP contribution is 2.60. The van der Waals surface area contributed by atoms with Crippen molar-refractivity contribution >= 4 is 0 Å². The van der Waals surface area contributed by atoms with Gasteiger partial charge in [0.25, 0.3) is 0 Å². The first-order valence-electron chi connectivity index (χ1n) is 7.20. The van der Waals surface area contributed by atoms with Crippen LogP contribution >= 0.6 is 0 Å². The quantitative estimate of drug-likeness (QED) is 0.785. The summed E-state index contributed by atoms with van der Waals surface area (Å²) >= 11 is 0. The van der Waals surface area contributed by atoms with Crippen molar-refractivity contribution < 1.29 is 0 Å². The highest BCUT2D eigenvalue weighted by atomic mass is 15.1. The fourth-order valence-corrected chi connectivity index (χ4v) is 3.38. The molecule has 0 aromatic heterocycles. The lowest BCUT2D eigenvalue weighted by atomic mass is 9.99. The molecule has 1 aliphatic heterocycles. The van der Waals surface area contributed by atoms with Crippen LogP contribution in [-0.2, 0) is 0 Å². The number of nitrogens with zero attached hydrogens (tertiary/aromatic N) is 1. The number of hydrogen-bond donors (Lipinski definition) is 1. The smallest absolute Gasteiger partial charge is 0.00799 e. The van der Waals surface area contributed by atoms with Crippen LogP contribution in [-0.4, -0.2) is 37.6 Å². The van der Waals surface area contributed by atoms with E-state index in [0.717, 1.165) is 17.4 Å². The number of nitrogens with one attached hydrogen (secondary N) is 1. The van der Waals surface area contributed by atoms with Gasteiger partial charge in [-0.05, 0) is 76.4 Å². The summed E-state index contributed by atoms with van der Waals surface area (Å²) in [4.78, 5) is 2.48. The molecule has 0 spiro atoms. The van der Waals surface area contributed by atoms with E-state index in [0.29, 0.717) is 0 Å². The molecular formula is C14H26N2. The maximum Gasteiger partial charge on any atom is 0.00799 e. The Labute approximate surface area is 99.8 Å². The van der Waals surface area contributed by atoms with Gasteiger partial charge in [-0.1, -0.05) is 0 Å². The Morgan fingerprint density at radius 2 is 1.94 bits per heavy atom. The van der Waals surface area contributed by atoms with E-state index in [1.807, 2.05) is 0 Å². The van der Waals surface area contributed by atoms with Crippen LogP contribution in [0.1, 0.15) is 44.9 Å². The van der Waals surface area contributed by atoms with Crippen molar-refractivity contribution in [2.45, 2.75) is 51.0 Å². The molecule has 0 bridgehead atoms. The van der Waals surface area contributed by atoms with Gasteiger partial charge in [0.05, 0.1) is 0 Å². The van der Waals surface area contributed by atoms with E-state index in [4.69, 9.17) is 0 Å². The maximum absolute atomic E-state index is 3.88. The average Bonchev–Trinajstić information content (AvgIpc) is 3.13. The third-order valence-corrected chi connectivity index (χ3v) is 5.03. The first-order valence-corrected chi connectivity index (χ1v) is 7.20. The molecule has 16 heavy (non-hydrogen) atoms. The zero-order chi connectivity index (χ0) is 11.0. The molecular weight excluding hydrogens is 196 g/mol. The first-order chi connectivity index (χ1) is 7.78. The maximum atomic E-state index is 3.88. The highest BCUT2D eigenvalue weighted by molar-refractivity contribution is 5.05. The minimum atomic E-state index is 0.776. The van der Waals surface area contributed by atoms with Gasteiger partial charge in [0, 0.05) is 12.6 Å². The molecule has 1 unspecified atom stereocenters. The SMILES string of the molecule is CN1CCCC(NCC2(C3CC3)CC2)CC1. The zero-order valence-corrected chi connectivity index (χ0v) is 10.7. The minimum absolute atomic E-state index is 0.776. The van der Waals surface area contributed by atoms with Crippen LogP contribution < -0.4 is 5.32 Å². The summed E-state index contributed by atoms with van der Waals surface area (Å²) in [6.07, 6.45) is 10.2. The van der Waals surface area contributed by atoms with Gasteiger partial charge in [0.15, 0.2) is 0 Å². The van der Waals surface area contributed by atoms with E-state index in [1.54, 1.807) is 0 Å². The normalized spacial score (nSPS) is 34.7. The van der Waals surface area contributed by atoms with Gasteiger partial charge in [-0.3, -0.25) is 0 Å². The van der Waals surface area contributed by atoms with Crippen molar-refractivity contribution in [2.75, 3.05) is 26.7 Å². The van der Waals surface area contributed by atoms with Crippen molar-refractivity contribution in [2.24, 2.45) is 11.3 Å². The van der Waals surface area contributed by atoms with E-state index in [-0.39, 0.29) is 0 Å². The first kappa shape index (κ1) is 11.0. The van der Waals surface area contributed by atoms with Crippen molar-refractivity contribution in [1.82, 2.24) is 10.2 Å². The number of hydrogen-bond acceptors (Lipinski definition) is 2. The lowest BCUT2D eigenvalue weighted by molar-refractivity contribution is 0.332. The molecule has 3 aliphatic rings. The molecule has 0 amide bonds. The Hall–Kier alpha value is -0.0800. The predicted octanol–water partition coefficient (Wildman–Crippen LogP) is 2.25. The molecule has 0 radical (unpaired) electrons. The second-order valence-corrected chi connectivity index (χ2v) is 6.45.